The van der Waals surface area contributed by atoms with E-state index in [0.717, 1.165) is 53.1 Å². The van der Waals surface area contributed by atoms with E-state index in [2.05, 4.69) is 17.4 Å². The molecule has 2 aromatic carbocycles. The lowest BCUT2D eigenvalue weighted by Crippen LogP contribution is -2.16. The summed E-state index contributed by atoms with van der Waals surface area (Å²) < 4.78 is 25.1. The average Bonchev–Trinajstić information content (AvgIpc) is 3.06. The number of hydrogen-bond donors (Lipinski definition) is 1. The van der Waals surface area contributed by atoms with Crippen molar-refractivity contribution in [1.29, 1.82) is 0 Å². The van der Waals surface area contributed by atoms with E-state index in [1.807, 2.05) is 19.9 Å². The highest BCUT2D eigenvalue weighted by atomic mass is 19.1. The Morgan fingerprint density at radius 3 is 2.54 bits per heavy atom. The zero-order chi connectivity index (χ0) is 17.1. The number of nitrogens with one attached hydrogen (secondary N) is 1. The van der Waals surface area contributed by atoms with Gasteiger partial charge < -0.3 is 14.8 Å². The monoisotopic (exact) mass is 329 g/mol. The van der Waals surface area contributed by atoms with Gasteiger partial charge >= 0.3 is 0 Å². The largest absolute Gasteiger partial charge is 0.496 e. The van der Waals surface area contributed by atoms with Gasteiger partial charge in [-0.15, -0.1) is 0 Å². The van der Waals surface area contributed by atoms with Crippen molar-refractivity contribution in [2.75, 3.05) is 20.2 Å². The Morgan fingerprint density at radius 1 is 1.17 bits per heavy atom. The summed E-state index contributed by atoms with van der Waals surface area (Å²) in [6, 6.07) is 9.08. The smallest absolute Gasteiger partial charge is 0.124 e. The van der Waals surface area contributed by atoms with Crippen molar-refractivity contribution in [2.45, 2.75) is 33.0 Å². The number of aryl methyl sites for hydroxylation is 2. The third-order valence-corrected chi connectivity index (χ3v) is 4.53. The van der Waals surface area contributed by atoms with E-state index in [1.54, 1.807) is 13.2 Å². The second kappa shape index (κ2) is 7.32. The second-order valence-electron chi connectivity index (χ2n) is 6.37. The third kappa shape index (κ3) is 3.60. The van der Waals surface area contributed by atoms with Crippen LogP contribution in [0, 0.1) is 19.7 Å². The molecule has 24 heavy (non-hydrogen) atoms. The van der Waals surface area contributed by atoms with Crippen molar-refractivity contribution < 1.29 is 13.9 Å². The van der Waals surface area contributed by atoms with Crippen LogP contribution in [0.1, 0.15) is 23.1 Å². The highest BCUT2D eigenvalue weighted by Crippen LogP contribution is 2.32. The predicted octanol–water partition coefficient (Wildman–Crippen LogP) is 4.00. The highest BCUT2D eigenvalue weighted by Gasteiger charge is 2.17. The summed E-state index contributed by atoms with van der Waals surface area (Å²) in [7, 11) is 1.68. The number of ether oxygens (including phenoxy) is 2. The van der Waals surface area contributed by atoms with Gasteiger partial charge in [-0.3, -0.25) is 0 Å². The van der Waals surface area contributed by atoms with E-state index in [1.165, 1.54) is 6.07 Å². The van der Waals surface area contributed by atoms with Crippen LogP contribution in [0.25, 0.3) is 11.1 Å². The molecule has 1 aliphatic rings. The molecule has 0 unspecified atom stereocenters. The van der Waals surface area contributed by atoms with Gasteiger partial charge in [0.05, 0.1) is 19.8 Å². The molecule has 2 aromatic rings. The highest BCUT2D eigenvalue weighted by molar-refractivity contribution is 5.70. The lowest BCUT2D eigenvalue weighted by atomic mass is 9.96. The molecule has 1 aliphatic heterocycles. The van der Waals surface area contributed by atoms with Crippen molar-refractivity contribution in [2.24, 2.45) is 0 Å². The summed E-state index contributed by atoms with van der Waals surface area (Å²) in [5, 5.41) is 3.28. The van der Waals surface area contributed by atoms with E-state index in [4.69, 9.17) is 9.47 Å². The Kier molecular flexibility index (Phi) is 5.17. The number of benzene rings is 2. The quantitative estimate of drug-likeness (QED) is 0.899. The van der Waals surface area contributed by atoms with Gasteiger partial charge in [0.2, 0.25) is 0 Å². The van der Waals surface area contributed by atoms with Crippen LogP contribution in [0.2, 0.25) is 0 Å². The molecule has 1 atom stereocenters. The van der Waals surface area contributed by atoms with Crippen LogP contribution in [-0.2, 0) is 11.3 Å². The Morgan fingerprint density at radius 2 is 1.92 bits per heavy atom. The minimum absolute atomic E-state index is 0.209. The lowest BCUT2D eigenvalue weighted by molar-refractivity contribution is 0.0543. The zero-order valence-corrected chi connectivity index (χ0v) is 14.5. The van der Waals surface area contributed by atoms with E-state index in [0.29, 0.717) is 6.61 Å². The molecule has 0 aliphatic carbocycles. The maximum Gasteiger partial charge on any atom is 0.124 e. The SMILES string of the molecule is COc1c(C)cc(-c2ccc(F)cc2CO[C@H]2CCNC2)cc1C. The van der Waals surface area contributed by atoms with E-state index < -0.39 is 0 Å². The Hall–Kier alpha value is -1.91. The average molecular weight is 329 g/mol. The van der Waals surface area contributed by atoms with Gasteiger partial charge in [0.25, 0.3) is 0 Å². The first-order valence-corrected chi connectivity index (χ1v) is 8.35. The van der Waals surface area contributed by atoms with Crippen LogP contribution in [0.3, 0.4) is 0 Å². The number of halogens is 1. The second-order valence-corrected chi connectivity index (χ2v) is 6.37. The Labute approximate surface area is 142 Å². The summed E-state index contributed by atoms with van der Waals surface area (Å²) in [5.41, 5.74) is 5.10. The van der Waals surface area contributed by atoms with Gasteiger partial charge in [-0.2, -0.15) is 0 Å². The molecule has 0 radical (unpaired) electrons. The maximum atomic E-state index is 13.8. The summed E-state index contributed by atoms with van der Waals surface area (Å²) in [5.74, 6) is 0.666. The van der Waals surface area contributed by atoms with Crippen LogP contribution in [0.4, 0.5) is 4.39 Å². The van der Waals surface area contributed by atoms with Gasteiger partial charge in [-0.1, -0.05) is 6.07 Å². The fourth-order valence-electron chi connectivity index (χ4n) is 3.37. The molecule has 1 fully saturated rings. The van der Waals surface area contributed by atoms with Gasteiger partial charge in [0, 0.05) is 6.54 Å². The van der Waals surface area contributed by atoms with Gasteiger partial charge in [-0.05, 0) is 78.9 Å². The van der Waals surface area contributed by atoms with Crippen LogP contribution in [-0.4, -0.2) is 26.3 Å². The van der Waals surface area contributed by atoms with E-state index >= 15 is 0 Å². The molecule has 0 aromatic heterocycles. The normalized spacial score (nSPS) is 17.2. The molecule has 4 heteroatoms. The zero-order valence-electron chi connectivity index (χ0n) is 14.5. The molecular formula is C20H24FNO2. The van der Waals surface area contributed by atoms with Gasteiger partial charge in [-0.25, -0.2) is 4.39 Å². The fourth-order valence-corrected chi connectivity index (χ4v) is 3.37. The molecular weight excluding hydrogens is 305 g/mol. The molecule has 0 bridgehead atoms. The summed E-state index contributed by atoms with van der Waals surface area (Å²) >= 11 is 0. The van der Waals surface area contributed by atoms with Crippen molar-refractivity contribution >= 4 is 0 Å². The van der Waals surface area contributed by atoms with Crippen molar-refractivity contribution in [1.82, 2.24) is 5.32 Å². The third-order valence-electron chi connectivity index (χ3n) is 4.53. The standard InChI is InChI=1S/C20H24FNO2/c1-13-8-15(9-14(2)20(13)23-3)19-5-4-17(21)10-16(19)12-24-18-6-7-22-11-18/h4-5,8-10,18,22H,6-7,11-12H2,1-3H3/t18-/m0/s1. The molecule has 0 spiro atoms. The van der Waals surface area contributed by atoms with E-state index in [9.17, 15) is 4.39 Å². The summed E-state index contributed by atoms with van der Waals surface area (Å²) in [4.78, 5) is 0. The van der Waals surface area contributed by atoms with Crippen molar-refractivity contribution in [3.63, 3.8) is 0 Å². The van der Waals surface area contributed by atoms with E-state index in [-0.39, 0.29) is 11.9 Å². The van der Waals surface area contributed by atoms with Crippen LogP contribution >= 0.6 is 0 Å². The Balaban J connectivity index is 1.92. The molecule has 3 nitrogen and oxygen atoms in total. The summed E-state index contributed by atoms with van der Waals surface area (Å²) in [6.07, 6.45) is 1.21. The van der Waals surface area contributed by atoms with Gasteiger partial charge in [0.1, 0.15) is 11.6 Å². The first-order valence-electron chi connectivity index (χ1n) is 8.35. The molecule has 0 amide bonds. The lowest BCUT2D eigenvalue weighted by Gasteiger charge is -2.16. The van der Waals surface area contributed by atoms with Crippen LogP contribution in [0.15, 0.2) is 30.3 Å². The molecule has 1 N–H and O–H groups in total. The Bertz CT molecular complexity index is 701. The number of methoxy groups -OCH3 is 1. The maximum absolute atomic E-state index is 13.8. The predicted molar refractivity (Wildman–Crippen MR) is 93.9 cm³/mol. The molecule has 1 saturated heterocycles. The number of rotatable bonds is 5. The fraction of sp³-hybridized carbons (Fsp3) is 0.400. The first-order chi connectivity index (χ1) is 11.6. The minimum Gasteiger partial charge on any atom is -0.496 e. The molecule has 3 rings (SSSR count). The first kappa shape index (κ1) is 16.9. The van der Waals surface area contributed by atoms with Crippen LogP contribution in [0.5, 0.6) is 5.75 Å². The topological polar surface area (TPSA) is 30.5 Å². The molecule has 128 valence electrons. The van der Waals surface area contributed by atoms with Crippen molar-refractivity contribution in [3.8, 4) is 16.9 Å². The summed E-state index contributed by atoms with van der Waals surface area (Å²) in [6.45, 7) is 6.32. The minimum atomic E-state index is -0.233. The number of hydrogen-bond acceptors (Lipinski definition) is 3. The molecule has 1 heterocycles. The van der Waals surface area contributed by atoms with Gasteiger partial charge in [0.15, 0.2) is 0 Å². The van der Waals surface area contributed by atoms with Crippen LogP contribution < -0.4 is 10.1 Å². The molecule has 0 saturated carbocycles. The van der Waals surface area contributed by atoms with Crippen molar-refractivity contribution in [3.05, 3.63) is 52.8 Å².